The number of alkyl halides is 3. The molecule has 1 saturated heterocycles. The van der Waals surface area contributed by atoms with Crippen LogP contribution in [0.2, 0.25) is 0 Å². The summed E-state index contributed by atoms with van der Waals surface area (Å²) in [6, 6.07) is 3.08. The lowest BCUT2D eigenvalue weighted by Crippen LogP contribution is -2.30. The number of epoxide rings is 1. The van der Waals surface area contributed by atoms with E-state index in [2.05, 4.69) is 4.74 Å². The number of rotatable bonds is 9. The number of benzene rings is 1. The molecule has 1 atom stereocenters. The number of likely N-dealkylation sites (N-methyl/N-ethyl adjacent to an activating group) is 1. The third kappa shape index (κ3) is 6.15. The lowest BCUT2D eigenvalue weighted by atomic mass is 10.1. The fourth-order valence-corrected chi connectivity index (χ4v) is 3.59. The Morgan fingerprint density at radius 3 is 2.58 bits per heavy atom. The van der Waals surface area contributed by atoms with E-state index in [0.29, 0.717) is 6.61 Å². The molecule has 146 valence electrons. The van der Waals surface area contributed by atoms with Crippen LogP contribution in [0.5, 0.6) is 5.75 Å². The summed E-state index contributed by atoms with van der Waals surface area (Å²) in [7, 11) is -2.74. The lowest BCUT2D eigenvalue weighted by Gasteiger charge is -2.18. The van der Waals surface area contributed by atoms with Gasteiger partial charge in [0, 0.05) is 26.1 Å². The Kier molecular flexibility index (Phi) is 6.14. The fraction of sp³-hybridized carbons (Fsp3) is 0.533. The number of aryl methyl sites for hydroxylation is 1. The maximum Gasteiger partial charge on any atom is 0.573 e. The first-order valence-electron chi connectivity index (χ1n) is 7.67. The number of carbonyl (C=O) groups is 1. The molecule has 1 fully saturated rings. The van der Waals surface area contributed by atoms with Gasteiger partial charge in [-0.05, 0) is 30.5 Å². The summed E-state index contributed by atoms with van der Waals surface area (Å²) in [4.78, 5) is 10.2. The highest BCUT2D eigenvalue weighted by Gasteiger charge is 2.33. The predicted octanol–water partition coefficient (Wildman–Crippen LogP) is 2.01. The second kappa shape index (κ2) is 7.80. The Morgan fingerprint density at radius 2 is 2.04 bits per heavy atom. The van der Waals surface area contributed by atoms with E-state index < -0.39 is 28.1 Å². The SMILES string of the molecule is CN(C[C@H]1CO1)S(=O)(=O)c1cc(CCCC(=O)O)cc(OC(F)(F)F)c1. The van der Waals surface area contributed by atoms with Crippen molar-refractivity contribution >= 4 is 16.0 Å². The molecule has 1 aliphatic heterocycles. The van der Waals surface area contributed by atoms with E-state index in [1.54, 1.807) is 0 Å². The van der Waals surface area contributed by atoms with Crippen LogP contribution >= 0.6 is 0 Å². The Labute approximate surface area is 148 Å². The van der Waals surface area contributed by atoms with Crippen LogP contribution in [0.15, 0.2) is 23.1 Å². The first-order chi connectivity index (χ1) is 12.0. The van der Waals surface area contributed by atoms with Gasteiger partial charge < -0.3 is 14.6 Å². The van der Waals surface area contributed by atoms with Gasteiger partial charge in [-0.1, -0.05) is 0 Å². The number of ether oxygens (including phenoxy) is 2. The Bertz CT molecular complexity index is 761. The summed E-state index contributed by atoms with van der Waals surface area (Å²) in [5, 5.41) is 8.66. The van der Waals surface area contributed by atoms with Gasteiger partial charge in [0.15, 0.2) is 0 Å². The van der Waals surface area contributed by atoms with Crippen LogP contribution < -0.4 is 4.74 Å². The summed E-state index contributed by atoms with van der Waals surface area (Å²) in [5.74, 6) is -1.72. The molecule has 26 heavy (non-hydrogen) atoms. The summed E-state index contributed by atoms with van der Waals surface area (Å²) >= 11 is 0. The standard InChI is InChI=1S/C15H18F3NO6S/c1-19(8-12-9-24-12)26(22,23)13-6-10(3-2-4-14(20)21)5-11(7-13)25-15(16,17)18/h5-7,12H,2-4,8-9H2,1H3,(H,20,21)/t12-/m0/s1. The maximum absolute atomic E-state index is 12.6. The monoisotopic (exact) mass is 397 g/mol. The largest absolute Gasteiger partial charge is 0.573 e. The van der Waals surface area contributed by atoms with E-state index in [9.17, 15) is 26.4 Å². The quantitative estimate of drug-likeness (QED) is 0.641. The zero-order chi connectivity index (χ0) is 19.5. The van der Waals surface area contributed by atoms with Crippen molar-refractivity contribution in [2.45, 2.75) is 36.6 Å². The molecule has 0 aromatic heterocycles. The van der Waals surface area contributed by atoms with E-state index in [1.165, 1.54) is 13.1 Å². The van der Waals surface area contributed by atoms with Gasteiger partial charge in [-0.15, -0.1) is 13.2 Å². The number of nitrogens with zero attached hydrogens (tertiary/aromatic N) is 1. The van der Waals surface area contributed by atoms with E-state index >= 15 is 0 Å². The highest BCUT2D eigenvalue weighted by molar-refractivity contribution is 7.89. The van der Waals surface area contributed by atoms with Crippen molar-refractivity contribution < 1.29 is 41.0 Å². The topological polar surface area (TPSA) is 96.4 Å². The van der Waals surface area contributed by atoms with Gasteiger partial charge in [-0.2, -0.15) is 4.31 Å². The molecule has 1 aliphatic rings. The number of hydrogen-bond acceptors (Lipinski definition) is 5. The molecule has 0 spiro atoms. The van der Waals surface area contributed by atoms with Crippen molar-refractivity contribution in [3.63, 3.8) is 0 Å². The van der Waals surface area contributed by atoms with Crippen molar-refractivity contribution in [1.29, 1.82) is 0 Å². The van der Waals surface area contributed by atoms with Crippen LogP contribution in [0, 0.1) is 0 Å². The van der Waals surface area contributed by atoms with Crippen LogP contribution in [0.4, 0.5) is 13.2 Å². The van der Waals surface area contributed by atoms with E-state index in [4.69, 9.17) is 9.84 Å². The Hall–Kier alpha value is -1.85. The molecule has 1 heterocycles. The number of carboxylic acid groups (broad SMARTS) is 1. The van der Waals surface area contributed by atoms with E-state index in [-0.39, 0.29) is 42.4 Å². The highest BCUT2D eigenvalue weighted by Crippen LogP contribution is 2.29. The van der Waals surface area contributed by atoms with Crippen LogP contribution in [0.1, 0.15) is 18.4 Å². The molecule has 0 saturated carbocycles. The molecule has 0 bridgehead atoms. The lowest BCUT2D eigenvalue weighted by molar-refractivity contribution is -0.274. The summed E-state index contributed by atoms with van der Waals surface area (Å²) in [6.45, 7) is 0.512. The zero-order valence-electron chi connectivity index (χ0n) is 13.8. The molecule has 1 aromatic rings. The van der Waals surface area contributed by atoms with Crippen molar-refractivity contribution in [3.8, 4) is 5.75 Å². The number of hydrogen-bond donors (Lipinski definition) is 1. The van der Waals surface area contributed by atoms with Crippen molar-refractivity contribution in [1.82, 2.24) is 4.31 Å². The van der Waals surface area contributed by atoms with Crippen molar-refractivity contribution in [2.24, 2.45) is 0 Å². The smallest absolute Gasteiger partial charge is 0.481 e. The molecule has 0 amide bonds. The highest BCUT2D eigenvalue weighted by atomic mass is 32.2. The molecule has 11 heteroatoms. The molecule has 1 N–H and O–H groups in total. The average molecular weight is 397 g/mol. The third-order valence-electron chi connectivity index (χ3n) is 3.60. The minimum atomic E-state index is -4.98. The summed E-state index contributed by atoms with van der Waals surface area (Å²) in [5.41, 5.74) is 0.239. The van der Waals surface area contributed by atoms with Crippen molar-refractivity contribution in [2.75, 3.05) is 20.2 Å². The zero-order valence-corrected chi connectivity index (χ0v) is 14.6. The Morgan fingerprint density at radius 1 is 1.38 bits per heavy atom. The summed E-state index contributed by atoms with van der Waals surface area (Å²) < 4.78 is 72.6. The molecule has 0 unspecified atom stereocenters. The van der Waals surface area contributed by atoms with Crippen LogP contribution in [0.3, 0.4) is 0 Å². The van der Waals surface area contributed by atoms with Crippen LogP contribution in [-0.2, 0) is 26.0 Å². The normalized spacial score (nSPS) is 17.3. The van der Waals surface area contributed by atoms with Gasteiger partial charge in [0.25, 0.3) is 0 Å². The average Bonchev–Trinajstić information content (AvgIpc) is 3.28. The Balaban J connectivity index is 2.29. The number of sulfonamides is 1. The van der Waals surface area contributed by atoms with Gasteiger partial charge in [0.05, 0.1) is 17.6 Å². The molecule has 0 radical (unpaired) electrons. The molecular weight excluding hydrogens is 379 g/mol. The van der Waals surface area contributed by atoms with Crippen LogP contribution in [-0.4, -0.2) is 56.5 Å². The number of halogens is 3. The molecule has 7 nitrogen and oxygen atoms in total. The maximum atomic E-state index is 12.6. The number of carboxylic acids is 1. The minimum absolute atomic E-state index is 0.0844. The van der Waals surface area contributed by atoms with Crippen LogP contribution in [0.25, 0.3) is 0 Å². The van der Waals surface area contributed by atoms with Crippen molar-refractivity contribution in [3.05, 3.63) is 23.8 Å². The second-order valence-corrected chi connectivity index (χ2v) is 7.89. The second-order valence-electron chi connectivity index (χ2n) is 5.85. The molecular formula is C15H18F3NO6S. The van der Waals surface area contributed by atoms with Gasteiger partial charge in [0.2, 0.25) is 10.0 Å². The van der Waals surface area contributed by atoms with Gasteiger partial charge in [-0.25, -0.2) is 8.42 Å². The first kappa shape index (κ1) is 20.5. The summed E-state index contributed by atoms with van der Waals surface area (Å²) in [6.07, 6.45) is -5.14. The predicted molar refractivity (Wildman–Crippen MR) is 83.3 cm³/mol. The fourth-order valence-electron chi connectivity index (χ4n) is 2.30. The third-order valence-corrected chi connectivity index (χ3v) is 5.40. The van der Waals surface area contributed by atoms with Gasteiger partial charge in [-0.3, -0.25) is 4.79 Å². The molecule has 1 aromatic carbocycles. The minimum Gasteiger partial charge on any atom is -0.481 e. The number of aliphatic carboxylic acids is 1. The van der Waals surface area contributed by atoms with Gasteiger partial charge >= 0.3 is 12.3 Å². The molecule has 2 rings (SSSR count). The van der Waals surface area contributed by atoms with E-state index in [0.717, 1.165) is 16.4 Å². The van der Waals surface area contributed by atoms with Gasteiger partial charge in [0.1, 0.15) is 5.75 Å². The molecule has 0 aliphatic carbocycles. The first-order valence-corrected chi connectivity index (χ1v) is 9.11. The van der Waals surface area contributed by atoms with E-state index in [1.807, 2.05) is 0 Å².